The van der Waals surface area contributed by atoms with E-state index >= 15 is 0 Å². The molecule has 2 nitrogen and oxygen atoms in total. The summed E-state index contributed by atoms with van der Waals surface area (Å²) in [7, 11) is 0. The van der Waals surface area contributed by atoms with E-state index in [2.05, 4.69) is 19.1 Å². The van der Waals surface area contributed by atoms with Crippen molar-refractivity contribution >= 4 is 29.3 Å². The first-order valence-electron chi connectivity index (χ1n) is 8.46. The fraction of sp³-hybridized carbons (Fsp3) is 0.350. The molecular weight excluding hydrogens is 338 g/mol. The average Bonchev–Trinajstić information content (AvgIpc) is 3.09. The van der Waals surface area contributed by atoms with E-state index in [1.165, 1.54) is 18.4 Å². The maximum atomic E-state index is 12.9. The van der Waals surface area contributed by atoms with Crippen molar-refractivity contribution in [3.63, 3.8) is 0 Å². The van der Waals surface area contributed by atoms with Crippen molar-refractivity contribution in [1.29, 1.82) is 0 Å². The van der Waals surface area contributed by atoms with E-state index in [1.807, 2.05) is 41.3 Å². The van der Waals surface area contributed by atoms with Crippen LogP contribution in [0.3, 0.4) is 0 Å². The Hall–Kier alpha value is -1.45. The lowest BCUT2D eigenvalue weighted by Gasteiger charge is -2.24. The number of hydrogen-bond donors (Lipinski definition) is 0. The number of rotatable bonds is 5. The first-order chi connectivity index (χ1) is 11.7. The molecule has 0 aromatic heterocycles. The smallest absolute Gasteiger partial charge is 0.255 e. The second-order valence-corrected chi connectivity index (χ2v) is 7.70. The van der Waals surface area contributed by atoms with Gasteiger partial charge in [-0.3, -0.25) is 4.79 Å². The largest absolute Gasteiger partial charge is 0.322 e. The third-order valence-corrected chi connectivity index (χ3v) is 5.80. The van der Waals surface area contributed by atoms with Crippen LogP contribution < -0.4 is 0 Å². The van der Waals surface area contributed by atoms with Crippen LogP contribution in [-0.2, 0) is 6.42 Å². The molecule has 0 bridgehead atoms. The number of thioether (sulfide) groups is 1. The van der Waals surface area contributed by atoms with Gasteiger partial charge in [-0.15, -0.1) is 11.8 Å². The summed E-state index contributed by atoms with van der Waals surface area (Å²) in [6, 6.07) is 15.9. The van der Waals surface area contributed by atoms with Crippen molar-refractivity contribution in [2.24, 2.45) is 0 Å². The molecule has 0 aliphatic carbocycles. The molecule has 0 radical (unpaired) electrons. The highest BCUT2D eigenvalue weighted by atomic mass is 35.5. The summed E-state index contributed by atoms with van der Waals surface area (Å²) in [4.78, 5) is 14.9. The summed E-state index contributed by atoms with van der Waals surface area (Å²) in [5.74, 6) is 1.06. The monoisotopic (exact) mass is 359 g/mol. The van der Waals surface area contributed by atoms with Gasteiger partial charge in [-0.05, 0) is 48.2 Å². The molecule has 1 fully saturated rings. The van der Waals surface area contributed by atoms with Gasteiger partial charge in [0.25, 0.3) is 5.91 Å². The fourth-order valence-electron chi connectivity index (χ4n) is 2.98. The normalized spacial score (nSPS) is 17.2. The average molecular weight is 360 g/mol. The Morgan fingerprint density at radius 3 is 2.75 bits per heavy atom. The first-order valence-corrected chi connectivity index (χ1v) is 9.88. The number of unbranched alkanes of at least 4 members (excludes halogenated alkanes) is 1. The van der Waals surface area contributed by atoms with E-state index in [0.717, 1.165) is 29.8 Å². The van der Waals surface area contributed by atoms with E-state index in [1.54, 1.807) is 11.8 Å². The molecule has 24 heavy (non-hydrogen) atoms. The lowest BCUT2D eigenvalue weighted by Crippen LogP contribution is -2.30. The number of carbonyl (C=O) groups excluding carboxylic acids is 1. The van der Waals surface area contributed by atoms with Gasteiger partial charge in [-0.2, -0.15) is 0 Å². The molecule has 0 N–H and O–H groups in total. The second kappa shape index (κ2) is 8.09. The predicted molar refractivity (Wildman–Crippen MR) is 103 cm³/mol. The third-order valence-electron chi connectivity index (χ3n) is 4.31. The van der Waals surface area contributed by atoms with Crippen LogP contribution in [-0.4, -0.2) is 23.1 Å². The Labute approximate surface area is 153 Å². The van der Waals surface area contributed by atoms with Crippen molar-refractivity contribution in [2.75, 3.05) is 12.3 Å². The molecule has 3 rings (SSSR count). The molecule has 1 amide bonds. The highest BCUT2D eigenvalue weighted by Crippen LogP contribution is 2.39. The van der Waals surface area contributed by atoms with Gasteiger partial charge in [-0.1, -0.05) is 49.2 Å². The molecule has 2 aromatic carbocycles. The molecule has 1 saturated heterocycles. The van der Waals surface area contributed by atoms with Crippen molar-refractivity contribution in [1.82, 2.24) is 4.90 Å². The molecule has 126 valence electrons. The van der Waals surface area contributed by atoms with Gasteiger partial charge in [0.15, 0.2) is 0 Å². The third kappa shape index (κ3) is 3.96. The van der Waals surface area contributed by atoms with Crippen LogP contribution in [0, 0.1) is 0 Å². The number of aryl methyl sites for hydroxylation is 1. The van der Waals surface area contributed by atoms with Crippen molar-refractivity contribution in [2.45, 2.75) is 31.6 Å². The number of benzene rings is 2. The van der Waals surface area contributed by atoms with Gasteiger partial charge in [0.05, 0.1) is 0 Å². The van der Waals surface area contributed by atoms with Gasteiger partial charge < -0.3 is 4.90 Å². The Kier molecular flexibility index (Phi) is 5.85. The molecular formula is C20H22ClNOS. The maximum absolute atomic E-state index is 12.9. The van der Waals surface area contributed by atoms with Crippen LogP contribution in [0.25, 0.3) is 0 Å². The summed E-state index contributed by atoms with van der Waals surface area (Å²) in [5, 5.41) is 0.767. The lowest BCUT2D eigenvalue weighted by atomic mass is 10.1. The molecule has 1 aliphatic heterocycles. The van der Waals surface area contributed by atoms with Crippen LogP contribution in [0.15, 0.2) is 48.5 Å². The summed E-state index contributed by atoms with van der Waals surface area (Å²) in [6.45, 7) is 2.97. The van der Waals surface area contributed by atoms with E-state index < -0.39 is 0 Å². The number of hydrogen-bond acceptors (Lipinski definition) is 2. The van der Waals surface area contributed by atoms with Crippen molar-refractivity contribution < 1.29 is 4.79 Å². The minimum Gasteiger partial charge on any atom is -0.322 e. The summed E-state index contributed by atoms with van der Waals surface area (Å²) >= 11 is 7.91. The van der Waals surface area contributed by atoms with Gasteiger partial charge in [0.1, 0.15) is 5.37 Å². The molecule has 1 heterocycles. The van der Waals surface area contributed by atoms with E-state index in [4.69, 9.17) is 11.6 Å². The van der Waals surface area contributed by atoms with Crippen LogP contribution in [0.5, 0.6) is 0 Å². The number of halogens is 1. The van der Waals surface area contributed by atoms with Crippen LogP contribution in [0.2, 0.25) is 5.02 Å². The minimum atomic E-state index is 0.0518. The lowest BCUT2D eigenvalue weighted by molar-refractivity contribution is 0.0760. The molecule has 0 unspecified atom stereocenters. The summed E-state index contributed by atoms with van der Waals surface area (Å²) in [5.41, 5.74) is 3.17. The van der Waals surface area contributed by atoms with Crippen LogP contribution in [0.1, 0.15) is 46.6 Å². The van der Waals surface area contributed by atoms with E-state index in [9.17, 15) is 4.79 Å². The fourth-order valence-corrected chi connectivity index (χ4v) is 4.42. The Balaban J connectivity index is 1.76. The second-order valence-electron chi connectivity index (χ2n) is 6.08. The molecule has 0 saturated carbocycles. The van der Waals surface area contributed by atoms with E-state index in [0.29, 0.717) is 5.02 Å². The molecule has 4 heteroatoms. The van der Waals surface area contributed by atoms with Crippen molar-refractivity contribution in [3.05, 3.63) is 70.2 Å². The molecule has 1 aliphatic rings. The van der Waals surface area contributed by atoms with Crippen molar-refractivity contribution in [3.8, 4) is 0 Å². The zero-order valence-electron chi connectivity index (χ0n) is 13.9. The predicted octanol–water partition coefficient (Wildman–Crippen LogP) is 5.57. The summed E-state index contributed by atoms with van der Waals surface area (Å²) < 4.78 is 0. The zero-order valence-corrected chi connectivity index (χ0v) is 15.4. The Morgan fingerprint density at radius 2 is 2.04 bits per heavy atom. The van der Waals surface area contributed by atoms with Gasteiger partial charge in [0, 0.05) is 22.9 Å². The van der Waals surface area contributed by atoms with Gasteiger partial charge in [-0.25, -0.2) is 0 Å². The molecule has 0 spiro atoms. The van der Waals surface area contributed by atoms with E-state index in [-0.39, 0.29) is 11.3 Å². The van der Waals surface area contributed by atoms with Gasteiger partial charge in [0.2, 0.25) is 0 Å². The zero-order chi connectivity index (χ0) is 16.9. The Bertz CT molecular complexity index is 701. The molecule has 1 atom stereocenters. The topological polar surface area (TPSA) is 20.3 Å². The highest BCUT2D eigenvalue weighted by Gasteiger charge is 2.31. The van der Waals surface area contributed by atoms with Crippen LogP contribution >= 0.6 is 23.4 Å². The van der Waals surface area contributed by atoms with Gasteiger partial charge >= 0.3 is 0 Å². The number of amides is 1. The summed E-state index contributed by atoms with van der Waals surface area (Å²) in [6.07, 6.45) is 3.45. The number of carbonyl (C=O) groups is 1. The first kappa shape index (κ1) is 17.4. The SMILES string of the molecule is CCCCc1ccc(C(=O)N2CCS[C@@H]2c2cccc(Cl)c2)cc1. The standard InChI is InChI=1S/C20H22ClNOS/c1-2-3-5-15-8-10-16(11-9-15)19(23)22-12-13-24-20(22)17-6-4-7-18(21)14-17/h4,6-11,14,20H,2-3,5,12-13H2,1H3/t20-/m1/s1. The highest BCUT2D eigenvalue weighted by molar-refractivity contribution is 7.99. The molecule has 2 aromatic rings. The quantitative estimate of drug-likeness (QED) is 0.695. The maximum Gasteiger partial charge on any atom is 0.255 e. The Morgan fingerprint density at radius 1 is 1.25 bits per heavy atom. The minimum absolute atomic E-state index is 0.0518. The number of nitrogens with zero attached hydrogens (tertiary/aromatic N) is 1. The van der Waals surface area contributed by atoms with Crippen LogP contribution in [0.4, 0.5) is 0 Å².